The number of halogens is 3. The predicted molar refractivity (Wildman–Crippen MR) is 90.6 cm³/mol. The van der Waals surface area contributed by atoms with Crippen LogP contribution in [0, 0.1) is 0 Å². The molecule has 3 aromatic rings. The van der Waals surface area contributed by atoms with Crippen LogP contribution in [0.1, 0.15) is 16.2 Å². The smallest absolute Gasteiger partial charge is 0.497 e. The highest BCUT2D eigenvalue weighted by molar-refractivity contribution is 5.94. The number of carbonyl (C=O) groups excluding carboxylic acids is 1. The van der Waals surface area contributed by atoms with Gasteiger partial charge in [0, 0.05) is 11.1 Å². The topological polar surface area (TPSA) is 86.5 Å². The third-order valence-electron chi connectivity index (χ3n) is 3.55. The van der Waals surface area contributed by atoms with Gasteiger partial charge in [-0.3, -0.25) is 4.79 Å². The number of methoxy groups -OCH3 is 1. The standard InChI is InChI=1S/C18H14F3N3O4/c1-26-14-4-2-3-12(9-14)17(25)22-10-15-23-16(24-28-15)11-5-7-13(8-6-11)27-18(19,20)21/h2-9H,10H2,1H3,(H,22,25). The number of nitrogens with zero attached hydrogens (tertiary/aromatic N) is 2. The number of alkyl halides is 3. The Morgan fingerprint density at radius 1 is 1.14 bits per heavy atom. The number of ether oxygens (including phenoxy) is 2. The van der Waals surface area contributed by atoms with Crippen molar-refractivity contribution in [1.82, 2.24) is 15.5 Å². The molecule has 0 radical (unpaired) electrons. The molecule has 7 nitrogen and oxygen atoms in total. The number of hydrogen-bond donors (Lipinski definition) is 1. The van der Waals surface area contributed by atoms with Gasteiger partial charge in [0.05, 0.1) is 13.7 Å². The van der Waals surface area contributed by atoms with Gasteiger partial charge in [-0.2, -0.15) is 4.98 Å². The van der Waals surface area contributed by atoms with Crippen LogP contribution in [0.3, 0.4) is 0 Å². The zero-order valence-electron chi connectivity index (χ0n) is 14.5. The second-order valence-corrected chi connectivity index (χ2v) is 5.50. The van der Waals surface area contributed by atoms with Gasteiger partial charge in [0.2, 0.25) is 11.7 Å². The minimum atomic E-state index is -4.76. The van der Waals surface area contributed by atoms with Gasteiger partial charge in [0.15, 0.2) is 0 Å². The van der Waals surface area contributed by atoms with Crippen molar-refractivity contribution in [1.29, 1.82) is 0 Å². The largest absolute Gasteiger partial charge is 0.573 e. The van der Waals surface area contributed by atoms with Gasteiger partial charge in [0.1, 0.15) is 11.5 Å². The first kappa shape index (κ1) is 19.2. The molecule has 0 saturated carbocycles. The Hall–Kier alpha value is -3.56. The molecule has 0 fully saturated rings. The highest BCUT2D eigenvalue weighted by atomic mass is 19.4. The van der Waals surface area contributed by atoms with Crippen LogP contribution in [-0.4, -0.2) is 29.5 Å². The SMILES string of the molecule is COc1cccc(C(=O)NCc2nc(-c3ccc(OC(F)(F)F)cc3)no2)c1. The molecule has 0 aliphatic rings. The van der Waals surface area contributed by atoms with E-state index in [-0.39, 0.29) is 29.9 Å². The summed E-state index contributed by atoms with van der Waals surface area (Å²) in [6.45, 7) is -0.0156. The van der Waals surface area contributed by atoms with Crippen molar-refractivity contribution in [3.63, 3.8) is 0 Å². The van der Waals surface area contributed by atoms with Gasteiger partial charge in [-0.05, 0) is 42.5 Å². The number of nitrogens with one attached hydrogen (secondary N) is 1. The van der Waals surface area contributed by atoms with E-state index in [1.165, 1.54) is 19.2 Å². The molecule has 146 valence electrons. The second-order valence-electron chi connectivity index (χ2n) is 5.50. The average Bonchev–Trinajstić information content (AvgIpc) is 3.14. The van der Waals surface area contributed by atoms with Gasteiger partial charge in [-0.25, -0.2) is 0 Å². The van der Waals surface area contributed by atoms with Crippen molar-refractivity contribution in [2.24, 2.45) is 0 Å². The summed E-state index contributed by atoms with van der Waals surface area (Å²) in [7, 11) is 1.50. The third kappa shape index (κ3) is 5.00. The molecule has 1 aromatic heterocycles. The van der Waals surface area contributed by atoms with E-state index in [2.05, 4.69) is 20.2 Å². The van der Waals surface area contributed by atoms with E-state index in [0.29, 0.717) is 16.9 Å². The monoisotopic (exact) mass is 393 g/mol. The molecule has 3 rings (SSSR count). The fourth-order valence-corrected chi connectivity index (χ4v) is 2.27. The van der Waals surface area contributed by atoms with Crippen LogP contribution in [0.2, 0.25) is 0 Å². The van der Waals surface area contributed by atoms with Crippen LogP contribution in [-0.2, 0) is 6.54 Å². The van der Waals surface area contributed by atoms with E-state index < -0.39 is 6.36 Å². The molecule has 0 atom stereocenters. The maximum Gasteiger partial charge on any atom is 0.573 e. The Morgan fingerprint density at radius 2 is 1.89 bits per heavy atom. The van der Waals surface area contributed by atoms with Crippen molar-refractivity contribution in [2.45, 2.75) is 12.9 Å². The van der Waals surface area contributed by atoms with Gasteiger partial charge >= 0.3 is 6.36 Å². The maximum atomic E-state index is 12.2. The molecule has 0 aliphatic carbocycles. The van der Waals surface area contributed by atoms with Crippen LogP contribution in [0.25, 0.3) is 11.4 Å². The average molecular weight is 393 g/mol. The Kier molecular flexibility index (Phi) is 5.48. The van der Waals surface area contributed by atoms with Crippen LogP contribution in [0.15, 0.2) is 53.1 Å². The molecule has 28 heavy (non-hydrogen) atoms. The Morgan fingerprint density at radius 3 is 2.57 bits per heavy atom. The number of benzene rings is 2. The molecule has 0 bridgehead atoms. The van der Waals surface area contributed by atoms with Crippen LogP contribution in [0.4, 0.5) is 13.2 Å². The zero-order chi connectivity index (χ0) is 20.1. The van der Waals surface area contributed by atoms with Crippen molar-refractivity contribution >= 4 is 5.91 Å². The number of hydrogen-bond acceptors (Lipinski definition) is 6. The van der Waals surface area contributed by atoms with Crippen LogP contribution >= 0.6 is 0 Å². The van der Waals surface area contributed by atoms with Gasteiger partial charge < -0.3 is 19.3 Å². The quantitative estimate of drug-likeness (QED) is 0.689. The highest BCUT2D eigenvalue weighted by Crippen LogP contribution is 2.25. The first-order chi connectivity index (χ1) is 13.3. The van der Waals surface area contributed by atoms with E-state index in [1.807, 2.05) is 0 Å². The molecule has 1 N–H and O–H groups in total. The number of amides is 1. The fourth-order valence-electron chi connectivity index (χ4n) is 2.27. The Balaban J connectivity index is 1.61. The number of carbonyl (C=O) groups is 1. The zero-order valence-corrected chi connectivity index (χ0v) is 14.5. The second kappa shape index (κ2) is 7.99. The molecule has 10 heteroatoms. The molecule has 0 saturated heterocycles. The Labute approximate surface area is 157 Å². The minimum absolute atomic E-state index is 0.0156. The molecule has 0 spiro atoms. The third-order valence-corrected chi connectivity index (χ3v) is 3.55. The lowest BCUT2D eigenvalue weighted by Crippen LogP contribution is -2.22. The lowest BCUT2D eigenvalue weighted by molar-refractivity contribution is -0.274. The van der Waals surface area contributed by atoms with Crippen LogP contribution in [0.5, 0.6) is 11.5 Å². The van der Waals surface area contributed by atoms with E-state index >= 15 is 0 Å². The first-order valence-corrected chi connectivity index (χ1v) is 7.95. The fraction of sp³-hybridized carbons (Fsp3) is 0.167. The first-order valence-electron chi connectivity index (χ1n) is 7.95. The van der Waals surface area contributed by atoms with E-state index in [0.717, 1.165) is 12.1 Å². The number of rotatable bonds is 6. The van der Waals surface area contributed by atoms with Gasteiger partial charge in [0.25, 0.3) is 5.91 Å². The summed E-state index contributed by atoms with van der Waals surface area (Å²) in [6, 6.07) is 11.6. The molecule has 2 aromatic carbocycles. The molecule has 0 aliphatic heterocycles. The van der Waals surface area contributed by atoms with E-state index in [9.17, 15) is 18.0 Å². The molecule has 1 amide bonds. The summed E-state index contributed by atoms with van der Waals surface area (Å²) in [5.74, 6) is 0.148. The summed E-state index contributed by atoms with van der Waals surface area (Å²) < 4.78 is 50.5. The van der Waals surface area contributed by atoms with Gasteiger partial charge in [-0.15, -0.1) is 13.2 Å². The molecular formula is C18H14F3N3O4. The minimum Gasteiger partial charge on any atom is -0.497 e. The summed E-state index contributed by atoms with van der Waals surface area (Å²) in [5, 5.41) is 6.38. The van der Waals surface area contributed by atoms with Crippen LogP contribution < -0.4 is 14.8 Å². The Bertz CT molecular complexity index is 955. The van der Waals surface area contributed by atoms with Crippen molar-refractivity contribution < 1.29 is 32.0 Å². The molecular weight excluding hydrogens is 379 g/mol. The summed E-state index contributed by atoms with van der Waals surface area (Å²) >= 11 is 0. The van der Waals surface area contributed by atoms with E-state index in [1.54, 1.807) is 24.3 Å². The lowest BCUT2D eigenvalue weighted by Gasteiger charge is -2.08. The summed E-state index contributed by atoms with van der Waals surface area (Å²) in [5.41, 5.74) is 0.836. The molecule has 1 heterocycles. The summed E-state index contributed by atoms with van der Waals surface area (Å²) in [4.78, 5) is 16.3. The van der Waals surface area contributed by atoms with Crippen molar-refractivity contribution in [3.05, 3.63) is 60.0 Å². The summed E-state index contributed by atoms with van der Waals surface area (Å²) in [6.07, 6.45) is -4.76. The van der Waals surface area contributed by atoms with Crippen molar-refractivity contribution in [2.75, 3.05) is 7.11 Å². The van der Waals surface area contributed by atoms with Crippen molar-refractivity contribution in [3.8, 4) is 22.9 Å². The van der Waals surface area contributed by atoms with Gasteiger partial charge in [-0.1, -0.05) is 11.2 Å². The predicted octanol–water partition coefficient (Wildman–Crippen LogP) is 3.57. The molecule has 0 unspecified atom stereocenters. The maximum absolute atomic E-state index is 12.2. The van der Waals surface area contributed by atoms with E-state index in [4.69, 9.17) is 9.26 Å². The highest BCUT2D eigenvalue weighted by Gasteiger charge is 2.31. The number of aromatic nitrogens is 2. The lowest BCUT2D eigenvalue weighted by atomic mass is 10.2. The normalized spacial score (nSPS) is 11.1.